The number of aromatic nitrogens is 1. The number of nitrogens with two attached hydrogens (primary N) is 2. The van der Waals surface area contributed by atoms with Gasteiger partial charge in [0.1, 0.15) is 11.5 Å². The van der Waals surface area contributed by atoms with Crippen LogP contribution in [0.1, 0.15) is 25.5 Å². The first-order valence-corrected chi connectivity index (χ1v) is 11.4. The number of hydrogen-bond acceptors (Lipinski definition) is 7. The summed E-state index contributed by atoms with van der Waals surface area (Å²) in [6, 6.07) is 7.59. The molecule has 4 N–H and O–H groups in total. The van der Waals surface area contributed by atoms with Gasteiger partial charge in [-0.2, -0.15) is 0 Å². The topological polar surface area (TPSA) is 86.5 Å². The van der Waals surface area contributed by atoms with Gasteiger partial charge in [-0.05, 0) is 62.9 Å². The maximum absolute atomic E-state index is 6.57. The van der Waals surface area contributed by atoms with Crippen molar-refractivity contribution in [3.05, 3.63) is 83.3 Å². The van der Waals surface area contributed by atoms with E-state index in [9.17, 15) is 0 Å². The van der Waals surface area contributed by atoms with Crippen molar-refractivity contribution >= 4 is 34.1 Å². The summed E-state index contributed by atoms with van der Waals surface area (Å²) >= 11 is 2.68. The minimum atomic E-state index is 0.303. The van der Waals surface area contributed by atoms with Crippen molar-refractivity contribution < 1.29 is 4.74 Å². The monoisotopic (exact) mass is 438 g/mol. The van der Waals surface area contributed by atoms with Crippen LogP contribution in [0.3, 0.4) is 0 Å². The fourth-order valence-electron chi connectivity index (χ4n) is 2.78. The van der Waals surface area contributed by atoms with Crippen LogP contribution < -0.4 is 15.6 Å². The highest BCUT2D eigenvalue weighted by Gasteiger charge is 2.30. The third-order valence-electron chi connectivity index (χ3n) is 4.41. The van der Waals surface area contributed by atoms with Gasteiger partial charge >= 0.3 is 0 Å². The highest BCUT2D eigenvalue weighted by atomic mass is 32.2. The number of allylic oxidation sites excluding steroid dienone is 6. The zero-order valence-corrected chi connectivity index (χ0v) is 18.8. The Labute approximate surface area is 186 Å². The summed E-state index contributed by atoms with van der Waals surface area (Å²) in [4.78, 5) is 10.3. The molecule has 0 radical (unpaired) electrons. The second kappa shape index (κ2) is 10.4. The Balaban J connectivity index is 2.12. The molecule has 1 aliphatic carbocycles. The smallest absolute Gasteiger partial charge is 0.209 e. The summed E-state index contributed by atoms with van der Waals surface area (Å²) in [5.74, 6) is 1.54. The van der Waals surface area contributed by atoms with E-state index in [1.807, 2.05) is 61.7 Å². The molecular weight excluding hydrogens is 412 g/mol. The number of benzene rings is 1. The summed E-state index contributed by atoms with van der Waals surface area (Å²) in [5, 5.41) is 8.26. The molecule has 1 saturated carbocycles. The molecule has 7 heteroatoms. The lowest BCUT2D eigenvalue weighted by molar-refractivity contribution is 0.443. The third kappa shape index (κ3) is 5.72. The molecule has 0 unspecified atom stereocenters. The van der Waals surface area contributed by atoms with Crippen LogP contribution in [0.4, 0.5) is 5.13 Å². The van der Waals surface area contributed by atoms with E-state index in [1.165, 1.54) is 23.3 Å². The fourth-order valence-corrected chi connectivity index (χ4v) is 3.75. The zero-order valence-electron chi connectivity index (χ0n) is 17.2. The number of aliphatic imine (C=N–C) groups is 1. The minimum Gasteiger partial charge on any atom is -0.453 e. The van der Waals surface area contributed by atoms with Gasteiger partial charge in [-0.25, -0.2) is 9.98 Å². The van der Waals surface area contributed by atoms with Gasteiger partial charge in [-0.3, -0.25) is 5.14 Å². The molecule has 0 saturated heterocycles. The molecule has 1 fully saturated rings. The van der Waals surface area contributed by atoms with Crippen molar-refractivity contribution in [2.45, 2.75) is 31.6 Å². The van der Waals surface area contributed by atoms with Crippen LogP contribution in [0.5, 0.6) is 5.75 Å². The highest BCUT2D eigenvalue weighted by Crippen LogP contribution is 2.37. The third-order valence-corrected chi connectivity index (χ3v) is 5.80. The van der Waals surface area contributed by atoms with E-state index in [1.54, 1.807) is 6.08 Å². The average Bonchev–Trinajstić information content (AvgIpc) is 3.52. The Kier molecular flexibility index (Phi) is 7.68. The van der Waals surface area contributed by atoms with Gasteiger partial charge in [-0.15, -0.1) is 11.3 Å². The second-order valence-corrected chi connectivity index (χ2v) is 8.38. The molecule has 2 aromatic rings. The van der Waals surface area contributed by atoms with Crippen molar-refractivity contribution in [3.63, 3.8) is 0 Å². The summed E-state index contributed by atoms with van der Waals surface area (Å²) in [5.41, 5.74) is 9.70. The van der Waals surface area contributed by atoms with Crippen LogP contribution in [0.2, 0.25) is 0 Å². The predicted octanol–water partition coefficient (Wildman–Crippen LogP) is 5.84. The van der Waals surface area contributed by atoms with Gasteiger partial charge in [0.15, 0.2) is 5.76 Å². The highest BCUT2D eigenvalue weighted by molar-refractivity contribution is 7.97. The molecule has 1 aromatic heterocycles. The second-order valence-electron chi connectivity index (χ2n) is 6.84. The van der Waals surface area contributed by atoms with Gasteiger partial charge in [0.25, 0.3) is 0 Å². The van der Waals surface area contributed by atoms with E-state index in [0.717, 1.165) is 29.0 Å². The first-order chi connectivity index (χ1) is 14.5. The van der Waals surface area contributed by atoms with E-state index in [-0.39, 0.29) is 0 Å². The van der Waals surface area contributed by atoms with Crippen LogP contribution in [-0.4, -0.2) is 10.7 Å². The first-order valence-electron chi connectivity index (χ1n) is 9.67. The minimum absolute atomic E-state index is 0.303. The lowest BCUT2D eigenvalue weighted by atomic mass is 10.0. The molecule has 0 bridgehead atoms. The molecule has 1 aromatic carbocycles. The number of rotatable bonds is 9. The Hall–Kier alpha value is -2.61. The van der Waals surface area contributed by atoms with E-state index in [4.69, 9.17) is 20.6 Å². The van der Waals surface area contributed by atoms with E-state index >= 15 is 0 Å². The molecule has 1 aliphatic rings. The van der Waals surface area contributed by atoms with Gasteiger partial charge in [0.2, 0.25) is 5.13 Å². The Morgan fingerprint density at radius 3 is 2.60 bits per heavy atom. The Morgan fingerprint density at radius 1 is 1.33 bits per heavy atom. The normalized spacial score (nSPS) is 16.0. The molecule has 0 amide bonds. The van der Waals surface area contributed by atoms with Crippen molar-refractivity contribution in [3.8, 4) is 5.75 Å². The maximum Gasteiger partial charge on any atom is 0.209 e. The molecule has 30 heavy (non-hydrogen) atoms. The van der Waals surface area contributed by atoms with Crippen LogP contribution >= 0.6 is 23.3 Å². The Bertz CT molecular complexity index is 1010. The standard InChI is InChI=1S/C23H26N4OS2/c1-4-6-17(7-5-2)21(27-23-26-15(3)14-29-23)22(20(24)16-8-9-16)28-18-10-12-19(30-25)13-11-18/h4-7,10-14,16H,1,8-9,24-25H2,2-3H3/b7-5-,17-6+,22-20?,27-21?. The lowest BCUT2D eigenvalue weighted by Crippen LogP contribution is -2.19. The molecule has 156 valence electrons. The predicted molar refractivity (Wildman–Crippen MR) is 128 cm³/mol. The van der Waals surface area contributed by atoms with Gasteiger partial charge in [-0.1, -0.05) is 30.9 Å². The molecule has 3 rings (SSSR count). The van der Waals surface area contributed by atoms with Gasteiger partial charge in [0.05, 0.1) is 11.4 Å². The SMILES string of the molecule is C=C/C=C(\C=C/C)C(=Nc1nc(C)cs1)C(Oc1ccc(SN)cc1)=C(N)C1CC1. The van der Waals surface area contributed by atoms with Gasteiger partial charge < -0.3 is 10.5 Å². The van der Waals surface area contributed by atoms with Crippen molar-refractivity contribution in [2.75, 3.05) is 0 Å². The number of thiazole rings is 1. The lowest BCUT2D eigenvalue weighted by Gasteiger charge is -2.17. The summed E-state index contributed by atoms with van der Waals surface area (Å²) in [7, 11) is 0. The fraction of sp³-hybridized carbons (Fsp3) is 0.217. The Morgan fingerprint density at radius 2 is 2.07 bits per heavy atom. The maximum atomic E-state index is 6.57. The van der Waals surface area contributed by atoms with E-state index in [2.05, 4.69) is 11.6 Å². The summed E-state index contributed by atoms with van der Waals surface area (Å²) in [6.45, 7) is 7.76. The van der Waals surface area contributed by atoms with Gasteiger partial charge in [0, 0.05) is 21.8 Å². The molecule has 0 aliphatic heterocycles. The van der Waals surface area contributed by atoms with Crippen LogP contribution in [0.25, 0.3) is 0 Å². The van der Waals surface area contributed by atoms with Crippen molar-refractivity contribution in [1.29, 1.82) is 0 Å². The molecule has 5 nitrogen and oxygen atoms in total. The largest absolute Gasteiger partial charge is 0.453 e. The van der Waals surface area contributed by atoms with Crippen LogP contribution in [0, 0.1) is 12.8 Å². The average molecular weight is 439 g/mol. The number of hydrogen-bond donors (Lipinski definition) is 2. The summed E-state index contributed by atoms with van der Waals surface area (Å²) in [6.07, 6.45) is 9.66. The van der Waals surface area contributed by atoms with E-state index in [0.29, 0.717) is 34.0 Å². The quantitative estimate of drug-likeness (QED) is 0.222. The first kappa shape index (κ1) is 22.1. The van der Waals surface area contributed by atoms with Crippen molar-refractivity contribution in [1.82, 2.24) is 4.98 Å². The molecule has 1 heterocycles. The number of aryl methyl sites for hydroxylation is 1. The molecule has 0 spiro atoms. The molecular formula is C23H26N4OS2. The zero-order chi connectivity index (χ0) is 21.5. The van der Waals surface area contributed by atoms with Crippen LogP contribution in [-0.2, 0) is 0 Å². The number of nitrogens with zero attached hydrogens (tertiary/aromatic N) is 2. The van der Waals surface area contributed by atoms with E-state index < -0.39 is 0 Å². The van der Waals surface area contributed by atoms with Crippen molar-refractivity contribution in [2.24, 2.45) is 21.8 Å². The van der Waals surface area contributed by atoms with Crippen LogP contribution in [0.15, 0.2) is 87.4 Å². The molecule has 0 atom stereocenters. The number of ether oxygens (including phenoxy) is 1. The summed E-state index contributed by atoms with van der Waals surface area (Å²) < 4.78 is 6.33.